The molecule has 0 atom stereocenters. The van der Waals surface area contributed by atoms with Crippen molar-refractivity contribution < 1.29 is 9.47 Å². The summed E-state index contributed by atoms with van der Waals surface area (Å²) in [5.41, 5.74) is 6.74. The summed E-state index contributed by atoms with van der Waals surface area (Å²) in [5.74, 6) is 1.77. The smallest absolute Gasteiger partial charge is 0.189 e. The summed E-state index contributed by atoms with van der Waals surface area (Å²) in [4.78, 5) is 4.29. The van der Waals surface area contributed by atoms with Gasteiger partial charge in [0.2, 0.25) is 0 Å². The Labute approximate surface area is 116 Å². The standard InChI is InChI=1S/C13H16ClN3O2/c14-10-5-8(6-11-12(10)19-4-3-18-11)7-16-13(15)17-9-1-2-9/h5-6,9H,1-4,7H2,(H3,15,16,17). The summed E-state index contributed by atoms with van der Waals surface area (Å²) in [7, 11) is 0. The van der Waals surface area contributed by atoms with Gasteiger partial charge in [0, 0.05) is 6.04 Å². The van der Waals surface area contributed by atoms with Gasteiger partial charge in [-0.2, -0.15) is 0 Å². The van der Waals surface area contributed by atoms with Gasteiger partial charge in [0.05, 0.1) is 11.6 Å². The minimum Gasteiger partial charge on any atom is -0.486 e. The highest BCUT2D eigenvalue weighted by Gasteiger charge is 2.21. The lowest BCUT2D eigenvalue weighted by molar-refractivity contribution is 0.171. The van der Waals surface area contributed by atoms with Gasteiger partial charge in [-0.1, -0.05) is 11.6 Å². The first-order valence-corrected chi connectivity index (χ1v) is 6.74. The van der Waals surface area contributed by atoms with Crippen molar-refractivity contribution in [2.24, 2.45) is 10.7 Å². The van der Waals surface area contributed by atoms with Crippen LogP contribution in [0.4, 0.5) is 0 Å². The molecule has 2 aliphatic rings. The van der Waals surface area contributed by atoms with E-state index in [0.29, 0.717) is 48.3 Å². The molecule has 1 aliphatic carbocycles. The van der Waals surface area contributed by atoms with Gasteiger partial charge in [-0.05, 0) is 30.5 Å². The number of rotatable bonds is 3. The Hall–Kier alpha value is -1.62. The summed E-state index contributed by atoms with van der Waals surface area (Å²) in [6, 6.07) is 4.24. The van der Waals surface area contributed by atoms with Gasteiger partial charge in [-0.25, -0.2) is 4.99 Å². The minimum atomic E-state index is 0.474. The third-order valence-corrected chi connectivity index (χ3v) is 3.30. The van der Waals surface area contributed by atoms with Crippen molar-refractivity contribution in [1.82, 2.24) is 5.32 Å². The van der Waals surface area contributed by atoms with E-state index in [9.17, 15) is 0 Å². The molecule has 102 valence electrons. The molecule has 1 heterocycles. The molecule has 0 radical (unpaired) electrons. The van der Waals surface area contributed by atoms with Crippen LogP contribution in [0.1, 0.15) is 18.4 Å². The first-order valence-electron chi connectivity index (χ1n) is 6.37. The Balaban J connectivity index is 1.72. The van der Waals surface area contributed by atoms with Crippen LogP contribution < -0.4 is 20.5 Å². The Morgan fingerprint density at radius 3 is 2.95 bits per heavy atom. The van der Waals surface area contributed by atoms with Crippen LogP contribution in [0.5, 0.6) is 11.5 Å². The van der Waals surface area contributed by atoms with Crippen molar-refractivity contribution in [1.29, 1.82) is 0 Å². The summed E-state index contributed by atoms with van der Waals surface area (Å²) in [5, 5.41) is 3.69. The number of nitrogens with zero attached hydrogens (tertiary/aromatic N) is 1. The van der Waals surface area contributed by atoms with E-state index in [0.717, 1.165) is 5.56 Å². The predicted octanol–water partition coefficient (Wildman–Crippen LogP) is 1.68. The molecule has 0 aromatic heterocycles. The quantitative estimate of drug-likeness (QED) is 0.653. The molecule has 1 aromatic carbocycles. The molecule has 1 aromatic rings. The van der Waals surface area contributed by atoms with Gasteiger partial charge in [0.1, 0.15) is 13.2 Å². The maximum atomic E-state index is 6.16. The molecule has 0 amide bonds. The van der Waals surface area contributed by atoms with Crippen LogP contribution in [-0.4, -0.2) is 25.2 Å². The molecule has 3 rings (SSSR count). The largest absolute Gasteiger partial charge is 0.486 e. The zero-order valence-electron chi connectivity index (χ0n) is 10.5. The summed E-state index contributed by atoms with van der Waals surface area (Å²) >= 11 is 6.16. The number of benzene rings is 1. The number of hydrogen-bond donors (Lipinski definition) is 2. The molecule has 0 unspecified atom stereocenters. The van der Waals surface area contributed by atoms with E-state index in [2.05, 4.69) is 10.3 Å². The number of fused-ring (bicyclic) bond motifs is 1. The van der Waals surface area contributed by atoms with E-state index in [1.807, 2.05) is 12.1 Å². The van der Waals surface area contributed by atoms with Crippen molar-refractivity contribution >= 4 is 17.6 Å². The van der Waals surface area contributed by atoms with Crippen molar-refractivity contribution in [3.05, 3.63) is 22.7 Å². The number of ether oxygens (including phenoxy) is 2. The van der Waals surface area contributed by atoms with Crippen molar-refractivity contribution in [3.8, 4) is 11.5 Å². The normalized spacial score (nSPS) is 18.3. The molecule has 6 heteroatoms. The van der Waals surface area contributed by atoms with Crippen LogP contribution in [0.2, 0.25) is 5.02 Å². The SMILES string of the molecule is NC(=NCc1cc(Cl)c2c(c1)OCCO2)NC1CC1. The van der Waals surface area contributed by atoms with Gasteiger partial charge in [0.15, 0.2) is 17.5 Å². The lowest BCUT2D eigenvalue weighted by Gasteiger charge is -2.20. The minimum absolute atomic E-state index is 0.474. The number of nitrogens with two attached hydrogens (primary N) is 1. The van der Waals surface area contributed by atoms with Crippen LogP contribution in [0, 0.1) is 0 Å². The van der Waals surface area contributed by atoms with E-state index in [-0.39, 0.29) is 0 Å². The topological polar surface area (TPSA) is 68.9 Å². The third-order valence-electron chi connectivity index (χ3n) is 3.02. The fourth-order valence-electron chi connectivity index (χ4n) is 1.91. The lowest BCUT2D eigenvalue weighted by Crippen LogP contribution is -2.33. The van der Waals surface area contributed by atoms with Crippen LogP contribution in [-0.2, 0) is 6.54 Å². The highest BCUT2D eigenvalue weighted by molar-refractivity contribution is 6.32. The molecular weight excluding hydrogens is 266 g/mol. The second-order valence-electron chi connectivity index (χ2n) is 4.72. The second-order valence-corrected chi connectivity index (χ2v) is 5.13. The first-order chi connectivity index (χ1) is 9.22. The highest BCUT2D eigenvalue weighted by atomic mass is 35.5. The Morgan fingerprint density at radius 2 is 2.16 bits per heavy atom. The number of guanidine groups is 1. The predicted molar refractivity (Wildman–Crippen MR) is 73.9 cm³/mol. The molecule has 3 N–H and O–H groups in total. The monoisotopic (exact) mass is 281 g/mol. The fourth-order valence-corrected chi connectivity index (χ4v) is 2.20. The maximum absolute atomic E-state index is 6.16. The second kappa shape index (κ2) is 5.17. The molecular formula is C13H16ClN3O2. The Kier molecular flexibility index (Phi) is 3.38. The van der Waals surface area contributed by atoms with Crippen LogP contribution in [0.15, 0.2) is 17.1 Å². The number of hydrogen-bond acceptors (Lipinski definition) is 3. The summed E-state index contributed by atoms with van der Waals surface area (Å²) < 4.78 is 11.0. The molecule has 0 spiro atoms. The molecule has 19 heavy (non-hydrogen) atoms. The van der Waals surface area contributed by atoms with Crippen LogP contribution >= 0.6 is 11.6 Å². The summed E-state index contributed by atoms with van der Waals surface area (Å²) in [6.45, 7) is 1.55. The molecule has 1 aliphatic heterocycles. The van der Waals surface area contributed by atoms with Gasteiger partial charge in [-0.3, -0.25) is 0 Å². The molecule has 1 fully saturated rings. The maximum Gasteiger partial charge on any atom is 0.189 e. The highest BCUT2D eigenvalue weighted by Crippen LogP contribution is 2.38. The number of aliphatic imine (C=N–C) groups is 1. The van der Waals surface area contributed by atoms with E-state index in [1.54, 1.807) is 0 Å². The van der Waals surface area contributed by atoms with Gasteiger partial charge >= 0.3 is 0 Å². The Morgan fingerprint density at radius 1 is 1.37 bits per heavy atom. The zero-order valence-corrected chi connectivity index (χ0v) is 11.2. The average Bonchev–Trinajstić information content (AvgIpc) is 3.20. The lowest BCUT2D eigenvalue weighted by atomic mass is 10.2. The van der Waals surface area contributed by atoms with Crippen molar-refractivity contribution in [2.45, 2.75) is 25.4 Å². The van der Waals surface area contributed by atoms with Crippen molar-refractivity contribution in [3.63, 3.8) is 0 Å². The molecule has 0 bridgehead atoms. The summed E-state index contributed by atoms with van der Waals surface area (Å²) in [6.07, 6.45) is 2.35. The first kappa shape index (κ1) is 12.4. The third kappa shape index (κ3) is 3.04. The number of nitrogens with one attached hydrogen (secondary N) is 1. The Bertz CT molecular complexity index is 515. The van der Waals surface area contributed by atoms with E-state index >= 15 is 0 Å². The van der Waals surface area contributed by atoms with Crippen molar-refractivity contribution in [2.75, 3.05) is 13.2 Å². The van der Waals surface area contributed by atoms with Gasteiger partial charge in [-0.15, -0.1) is 0 Å². The van der Waals surface area contributed by atoms with Gasteiger partial charge in [0.25, 0.3) is 0 Å². The van der Waals surface area contributed by atoms with E-state index in [1.165, 1.54) is 12.8 Å². The molecule has 5 nitrogen and oxygen atoms in total. The molecule has 0 saturated heterocycles. The van der Waals surface area contributed by atoms with Gasteiger partial charge < -0.3 is 20.5 Å². The van der Waals surface area contributed by atoms with Crippen LogP contribution in [0.3, 0.4) is 0 Å². The average molecular weight is 282 g/mol. The number of halogens is 1. The van der Waals surface area contributed by atoms with E-state index < -0.39 is 0 Å². The van der Waals surface area contributed by atoms with Crippen LogP contribution in [0.25, 0.3) is 0 Å². The zero-order chi connectivity index (χ0) is 13.2. The van der Waals surface area contributed by atoms with E-state index in [4.69, 9.17) is 26.8 Å². The fraction of sp³-hybridized carbons (Fsp3) is 0.462. The molecule has 1 saturated carbocycles.